The number of Topliss-reactive ketones (excluding diaryl/α,β-unsaturated/α-hetero) is 2. The fraction of sp³-hybridized carbons (Fsp3) is 0.174. The minimum Gasteiger partial charge on any atom is -0.507 e. The molecule has 11 heteroatoms. The first-order valence-electron chi connectivity index (χ1n) is 9.91. The number of benzene rings is 1. The molecule has 2 aromatic heterocycles. The Morgan fingerprint density at radius 3 is 2.50 bits per heavy atom. The first kappa shape index (κ1) is 23.6. The highest BCUT2D eigenvalue weighted by atomic mass is 79.9. The molecule has 174 valence electrons. The SMILES string of the molecule is COc1cc(C2C(=C(O)c3ccncc3)C(=O)C(=O)N2c2nc(C)c(C(C)=O)s2)cc(Br)c1O. The van der Waals surface area contributed by atoms with E-state index in [0.717, 1.165) is 16.2 Å². The lowest BCUT2D eigenvalue weighted by Crippen LogP contribution is -2.29. The van der Waals surface area contributed by atoms with E-state index >= 15 is 0 Å². The Kier molecular flexibility index (Phi) is 6.24. The number of phenols is 1. The summed E-state index contributed by atoms with van der Waals surface area (Å²) in [4.78, 5) is 48.3. The van der Waals surface area contributed by atoms with Crippen LogP contribution in [0, 0.1) is 6.92 Å². The summed E-state index contributed by atoms with van der Waals surface area (Å²) in [6.07, 6.45) is 2.90. The second kappa shape index (κ2) is 8.99. The molecule has 34 heavy (non-hydrogen) atoms. The average Bonchev–Trinajstić information content (AvgIpc) is 3.33. The van der Waals surface area contributed by atoms with Gasteiger partial charge in [0.25, 0.3) is 5.78 Å². The standard InChI is InChI=1S/C23H18BrN3O6S/c1-10-21(11(2)28)34-23(26-10)27-17(13-8-14(24)19(30)15(9-13)33-3)16(20(31)22(27)32)18(29)12-4-6-25-7-5-12/h4-9,17,29-30H,1-3H3. The predicted molar refractivity (Wildman–Crippen MR) is 128 cm³/mol. The average molecular weight is 544 g/mol. The first-order valence-corrected chi connectivity index (χ1v) is 11.5. The zero-order chi connectivity index (χ0) is 24.7. The van der Waals surface area contributed by atoms with Gasteiger partial charge in [-0.05, 0) is 52.7 Å². The van der Waals surface area contributed by atoms with Crippen molar-refractivity contribution in [3.05, 3.63) is 68.4 Å². The molecule has 1 atom stereocenters. The highest BCUT2D eigenvalue weighted by Gasteiger charge is 2.48. The topological polar surface area (TPSA) is 130 Å². The maximum absolute atomic E-state index is 13.2. The molecule has 1 unspecified atom stereocenters. The molecule has 9 nitrogen and oxygen atoms in total. The van der Waals surface area contributed by atoms with Crippen LogP contribution in [0.25, 0.3) is 5.76 Å². The predicted octanol–water partition coefficient (Wildman–Crippen LogP) is 4.15. The van der Waals surface area contributed by atoms with E-state index in [9.17, 15) is 24.6 Å². The van der Waals surface area contributed by atoms with E-state index in [-0.39, 0.29) is 32.5 Å². The number of amides is 1. The van der Waals surface area contributed by atoms with E-state index in [1.807, 2.05) is 0 Å². The third-order valence-corrected chi connectivity index (χ3v) is 7.16. The molecule has 0 spiro atoms. The molecule has 0 radical (unpaired) electrons. The second-order valence-corrected chi connectivity index (χ2v) is 9.26. The molecule has 1 aliphatic rings. The number of halogens is 1. The molecular weight excluding hydrogens is 526 g/mol. The van der Waals surface area contributed by atoms with Gasteiger partial charge in [-0.3, -0.25) is 24.3 Å². The van der Waals surface area contributed by atoms with Gasteiger partial charge in [0.2, 0.25) is 0 Å². The zero-order valence-corrected chi connectivity index (χ0v) is 20.6. The van der Waals surface area contributed by atoms with E-state index in [0.29, 0.717) is 21.7 Å². The van der Waals surface area contributed by atoms with Crippen LogP contribution in [0.2, 0.25) is 0 Å². The fourth-order valence-electron chi connectivity index (χ4n) is 3.73. The Morgan fingerprint density at radius 2 is 1.91 bits per heavy atom. The number of carbonyl (C=O) groups is 3. The van der Waals surface area contributed by atoms with Crippen LogP contribution in [-0.2, 0) is 9.59 Å². The minimum atomic E-state index is -1.11. The second-order valence-electron chi connectivity index (χ2n) is 7.43. The number of hydrogen-bond acceptors (Lipinski definition) is 9. The Bertz CT molecular complexity index is 1370. The van der Waals surface area contributed by atoms with Gasteiger partial charge < -0.3 is 14.9 Å². The summed E-state index contributed by atoms with van der Waals surface area (Å²) in [5.74, 6) is -2.51. The van der Waals surface area contributed by atoms with E-state index in [1.165, 1.54) is 50.7 Å². The van der Waals surface area contributed by atoms with Crippen LogP contribution in [0.15, 0.2) is 46.7 Å². The molecule has 1 aromatic carbocycles. The van der Waals surface area contributed by atoms with E-state index in [1.54, 1.807) is 6.92 Å². The minimum absolute atomic E-state index is 0.0959. The van der Waals surface area contributed by atoms with Gasteiger partial charge >= 0.3 is 5.91 Å². The molecule has 4 rings (SSSR count). The number of aliphatic hydroxyl groups is 1. The van der Waals surface area contributed by atoms with Crippen molar-refractivity contribution < 1.29 is 29.3 Å². The largest absolute Gasteiger partial charge is 0.507 e. The van der Waals surface area contributed by atoms with E-state index in [4.69, 9.17) is 4.74 Å². The van der Waals surface area contributed by atoms with E-state index in [2.05, 4.69) is 25.9 Å². The number of pyridine rings is 1. The van der Waals surface area contributed by atoms with Crippen LogP contribution in [-0.4, -0.2) is 44.8 Å². The highest BCUT2D eigenvalue weighted by Crippen LogP contribution is 2.47. The van der Waals surface area contributed by atoms with Gasteiger partial charge in [0, 0.05) is 24.9 Å². The number of ketones is 2. The smallest absolute Gasteiger partial charge is 0.301 e. The van der Waals surface area contributed by atoms with Gasteiger partial charge in [0.05, 0.1) is 33.8 Å². The summed E-state index contributed by atoms with van der Waals surface area (Å²) in [6, 6.07) is 4.90. The maximum atomic E-state index is 13.2. The molecule has 3 heterocycles. The van der Waals surface area contributed by atoms with Gasteiger partial charge in [-0.2, -0.15) is 0 Å². The Balaban J connectivity index is 2.01. The van der Waals surface area contributed by atoms with Gasteiger partial charge in [-0.25, -0.2) is 4.98 Å². The third-order valence-electron chi connectivity index (χ3n) is 5.30. The van der Waals surface area contributed by atoms with Gasteiger partial charge in [-0.15, -0.1) is 0 Å². The van der Waals surface area contributed by atoms with Crippen LogP contribution in [0.5, 0.6) is 11.5 Å². The van der Waals surface area contributed by atoms with Gasteiger partial charge in [0.1, 0.15) is 5.76 Å². The van der Waals surface area contributed by atoms with Gasteiger partial charge in [-0.1, -0.05) is 11.3 Å². The van der Waals surface area contributed by atoms with Crippen molar-refractivity contribution >= 4 is 55.6 Å². The van der Waals surface area contributed by atoms with Crippen molar-refractivity contribution in [1.29, 1.82) is 0 Å². The molecule has 1 amide bonds. The number of carbonyl (C=O) groups excluding carboxylic acids is 3. The lowest BCUT2D eigenvalue weighted by Gasteiger charge is -2.24. The number of thiazole rings is 1. The van der Waals surface area contributed by atoms with E-state index < -0.39 is 23.5 Å². The van der Waals surface area contributed by atoms with Crippen molar-refractivity contribution in [2.45, 2.75) is 19.9 Å². The zero-order valence-electron chi connectivity index (χ0n) is 18.2. The fourth-order valence-corrected chi connectivity index (χ4v) is 5.18. The normalized spacial score (nSPS) is 17.3. The summed E-state index contributed by atoms with van der Waals surface area (Å²) in [5.41, 5.74) is 0.913. The summed E-state index contributed by atoms with van der Waals surface area (Å²) in [7, 11) is 1.36. The molecule has 1 aliphatic heterocycles. The molecule has 0 saturated carbocycles. The lowest BCUT2D eigenvalue weighted by molar-refractivity contribution is -0.132. The molecule has 3 aromatic rings. The number of hydrogen-bond donors (Lipinski definition) is 2. The Morgan fingerprint density at radius 1 is 1.24 bits per heavy atom. The molecule has 0 aliphatic carbocycles. The van der Waals surface area contributed by atoms with Crippen molar-refractivity contribution in [2.75, 3.05) is 12.0 Å². The monoisotopic (exact) mass is 543 g/mol. The summed E-state index contributed by atoms with van der Waals surface area (Å²) >= 11 is 4.25. The molecule has 0 bridgehead atoms. The number of anilines is 1. The third kappa shape index (κ3) is 3.86. The molecule has 2 N–H and O–H groups in total. The number of aliphatic hydroxyl groups excluding tert-OH is 1. The lowest BCUT2D eigenvalue weighted by atomic mass is 9.95. The number of nitrogens with zero attached hydrogens (tertiary/aromatic N) is 3. The quantitative estimate of drug-likeness (QED) is 0.212. The number of aryl methyl sites for hydroxylation is 1. The first-order chi connectivity index (χ1) is 16.1. The van der Waals surface area contributed by atoms with Crippen molar-refractivity contribution in [1.82, 2.24) is 9.97 Å². The maximum Gasteiger partial charge on any atom is 0.301 e. The number of aromatic nitrogens is 2. The van der Waals surface area contributed by atoms with Crippen molar-refractivity contribution in [3.63, 3.8) is 0 Å². The van der Waals surface area contributed by atoms with Crippen LogP contribution < -0.4 is 9.64 Å². The molecular formula is C23H18BrN3O6S. The molecule has 1 fully saturated rings. The van der Waals surface area contributed by atoms with Crippen LogP contribution >= 0.6 is 27.3 Å². The number of ether oxygens (including phenoxy) is 1. The van der Waals surface area contributed by atoms with Crippen molar-refractivity contribution in [2.24, 2.45) is 0 Å². The number of phenolic OH excluding ortho intramolecular Hbond substituents is 1. The van der Waals surface area contributed by atoms with Crippen LogP contribution in [0.3, 0.4) is 0 Å². The summed E-state index contributed by atoms with van der Waals surface area (Å²) < 4.78 is 5.50. The summed E-state index contributed by atoms with van der Waals surface area (Å²) in [6.45, 7) is 3.03. The van der Waals surface area contributed by atoms with Crippen LogP contribution in [0.4, 0.5) is 5.13 Å². The van der Waals surface area contributed by atoms with Crippen molar-refractivity contribution in [3.8, 4) is 11.5 Å². The number of aromatic hydroxyl groups is 1. The highest BCUT2D eigenvalue weighted by molar-refractivity contribution is 9.10. The molecule has 1 saturated heterocycles. The number of rotatable bonds is 5. The Labute approximate surface area is 206 Å². The van der Waals surface area contributed by atoms with Gasteiger partial charge in [0.15, 0.2) is 22.4 Å². The van der Waals surface area contributed by atoms with Crippen LogP contribution in [0.1, 0.15) is 39.5 Å². The Hall–Kier alpha value is -3.57. The number of methoxy groups -OCH3 is 1. The summed E-state index contributed by atoms with van der Waals surface area (Å²) in [5, 5.41) is 21.5.